The Morgan fingerprint density at radius 1 is 1.39 bits per heavy atom. The highest BCUT2D eigenvalue weighted by molar-refractivity contribution is 5.83. The molecule has 96 valence electrons. The zero-order valence-corrected chi connectivity index (χ0v) is 10.6. The number of benzene rings is 1. The largest absolute Gasteiger partial charge is 0.497 e. The summed E-state index contributed by atoms with van der Waals surface area (Å²) in [5.41, 5.74) is 13.7. The number of rotatable bonds is 5. The fraction of sp³-hybridized carbons (Fsp3) is 0.357. The van der Waals surface area contributed by atoms with Gasteiger partial charge in [0, 0.05) is 17.6 Å². The van der Waals surface area contributed by atoms with E-state index >= 15 is 0 Å². The highest BCUT2D eigenvalue weighted by Crippen LogP contribution is 2.28. The molecule has 0 bridgehead atoms. The van der Waals surface area contributed by atoms with Crippen molar-refractivity contribution in [2.75, 3.05) is 13.7 Å². The third kappa shape index (κ3) is 2.60. The van der Waals surface area contributed by atoms with Gasteiger partial charge in [-0.3, -0.25) is 4.98 Å². The van der Waals surface area contributed by atoms with Crippen LogP contribution in [0, 0.1) is 0 Å². The summed E-state index contributed by atoms with van der Waals surface area (Å²) in [6, 6.07) is 7.82. The molecular weight excluding hydrogens is 226 g/mol. The fourth-order valence-corrected chi connectivity index (χ4v) is 2.09. The van der Waals surface area contributed by atoms with Gasteiger partial charge in [-0.15, -0.1) is 0 Å². The van der Waals surface area contributed by atoms with E-state index < -0.39 is 0 Å². The van der Waals surface area contributed by atoms with E-state index in [1.807, 2.05) is 24.3 Å². The van der Waals surface area contributed by atoms with Crippen LogP contribution in [0.3, 0.4) is 0 Å². The van der Waals surface area contributed by atoms with Gasteiger partial charge in [-0.25, -0.2) is 0 Å². The van der Waals surface area contributed by atoms with Crippen LogP contribution in [-0.2, 0) is 0 Å². The molecule has 4 nitrogen and oxygen atoms in total. The van der Waals surface area contributed by atoms with Gasteiger partial charge >= 0.3 is 0 Å². The lowest BCUT2D eigenvalue weighted by molar-refractivity contribution is 0.414. The van der Waals surface area contributed by atoms with Gasteiger partial charge in [0.15, 0.2) is 0 Å². The molecule has 4 N–H and O–H groups in total. The molecule has 0 fully saturated rings. The Balaban J connectivity index is 2.46. The second-order valence-electron chi connectivity index (χ2n) is 4.33. The molecule has 1 aromatic carbocycles. The van der Waals surface area contributed by atoms with E-state index in [-0.39, 0.29) is 6.04 Å². The third-order valence-electron chi connectivity index (χ3n) is 3.06. The van der Waals surface area contributed by atoms with E-state index in [0.717, 1.165) is 35.1 Å². The molecule has 0 radical (unpaired) electrons. The van der Waals surface area contributed by atoms with E-state index in [1.54, 1.807) is 13.3 Å². The minimum Gasteiger partial charge on any atom is -0.497 e. The van der Waals surface area contributed by atoms with Crippen LogP contribution in [0.15, 0.2) is 30.5 Å². The van der Waals surface area contributed by atoms with Crippen LogP contribution in [0.4, 0.5) is 0 Å². The van der Waals surface area contributed by atoms with Crippen LogP contribution in [-0.4, -0.2) is 18.6 Å². The van der Waals surface area contributed by atoms with Gasteiger partial charge in [-0.1, -0.05) is 6.07 Å². The monoisotopic (exact) mass is 245 g/mol. The molecule has 0 amide bonds. The minimum absolute atomic E-state index is 0.0546. The lowest BCUT2D eigenvalue weighted by atomic mass is 9.99. The highest BCUT2D eigenvalue weighted by Gasteiger charge is 2.12. The Morgan fingerprint density at radius 3 is 2.94 bits per heavy atom. The Labute approximate surface area is 107 Å². The minimum atomic E-state index is -0.0546. The first kappa shape index (κ1) is 12.8. The molecule has 0 saturated carbocycles. The van der Waals surface area contributed by atoms with Gasteiger partial charge < -0.3 is 16.2 Å². The van der Waals surface area contributed by atoms with Crippen molar-refractivity contribution < 1.29 is 4.74 Å². The van der Waals surface area contributed by atoms with Crippen molar-refractivity contribution in [1.82, 2.24) is 4.98 Å². The third-order valence-corrected chi connectivity index (χ3v) is 3.06. The molecule has 18 heavy (non-hydrogen) atoms. The molecule has 0 spiro atoms. The lowest BCUT2D eigenvalue weighted by Gasteiger charge is -2.15. The van der Waals surface area contributed by atoms with Gasteiger partial charge in [0.1, 0.15) is 5.75 Å². The Kier molecular flexibility index (Phi) is 4.12. The molecule has 2 rings (SSSR count). The lowest BCUT2D eigenvalue weighted by Crippen LogP contribution is -2.13. The molecule has 0 aliphatic carbocycles. The number of ether oxygens (including phenoxy) is 1. The summed E-state index contributed by atoms with van der Waals surface area (Å²) in [5.74, 6) is 0.814. The predicted molar refractivity (Wildman–Crippen MR) is 73.5 cm³/mol. The average molecular weight is 245 g/mol. The molecule has 1 atom stereocenters. The summed E-state index contributed by atoms with van der Waals surface area (Å²) in [7, 11) is 1.66. The molecule has 0 aliphatic heterocycles. The number of aromatic nitrogens is 1. The summed E-state index contributed by atoms with van der Waals surface area (Å²) >= 11 is 0. The quantitative estimate of drug-likeness (QED) is 0.844. The Bertz CT molecular complexity index is 527. The summed E-state index contributed by atoms with van der Waals surface area (Å²) < 4.78 is 5.31. The van der Waals surface area contributed by atoms with Crippen molar-refractivity contribution in [3.63, 3.8) is 0 Å². The first-order valence-corrected chi connectivity index (χ1v) is 6.14. The van der Waals surface area contributed by atoms with Crippen molar-refractivity contribution in [2.24, 2.45) is 11.5 Å². The summed E-state index contributed by atoms with van der Waals surface area (Å²) in [4.78, 5) is 4.42. The maximum Gasteiger partial charge on any atom is 0.119 e. The number of fused-ring (bicyclic) bond motifs is 1. The number of hydrogen-bond acceptors (Lipinski definition) is 4. The molecule has 4 heteroatoms. The Hall–Kier alpha value is -1.65. The maximum absolute atomic E-state index is 6.22. The van der Waals surface area contributed by atoms with Gasteiger partial charge in [0.2, 0.25) is 0 Å². The van der Waals surface area contributed by atoms with Crippen LogP contribution < -0.4 is 16.2 Å². The average Bonchev–Trinajstić information content (AvgIpc) is 2.43. The van der Waals surface area contributed by atoms with E-state index in [4.69, 9.17) is 16.2 Å². The Morgan fingerprint density at radius 2 is 2.22 bits per heavy atom. The fourth-order valence-electron chi connectivity index (χ4n) is 2.09. The number of nitrogens with two attached hydrogens (primary N) is 2. The molecular formula is C14H19N3O. The molecule has 1 heterocycles. The molecule has 0 saturated heterocycles. The van der Waals surface area contributed by atoms with Crippen LogP contribution in [0.2, 0.25) is 0 Å². The van der Waals surface area contributed by atoms with Crippen molar-refractivity contribution in [3.8, 4) is 5.75 Å². The summed E-state index contributed by atoms with van der Waals surface area (Å²) in [6.07, 6.45) is 3.55. The van der Waals surface area contributed by atoms with Crippen LogP contribution >= 0.6 is 0 Å². The topological polar surface area (TPSA) is 74.2 Å². The normalized spacial score (nSPS) is 12.6. The highest BCUT2D eigenvalue weighted by atomic mass is 16.5. The van der Waals surface area contributed by atoms with Crippen molar-refractivity contribution in [3.05, 3.63) is 36.0 Å². The second-order valence-corrected chi connectivity index (χ2v) is 4.33. The smallest absolute Gasteiger partial charge is 0.119 e. The molecule has 1 unspecified atom stereocenters. The van der Waals surface area contributed by atoms with Gasteiger partial charge in [-0.05, 0) is 43.1 Å². The van der Waals surface area contributed by atoms with E-state index in [0.29, 0.717) is 6.54 Å². The maximum atomic E-state index is 6.22. The van der Waals surface area contributed by atoms with Gasteiger partial charge in [0.25, 0.3) is 0 Å². The summed E-state index contributed by atoms with van der Waals surface area (Å²) in [6.45, 7) is 0.656. The van der Waals surface area contributed by atoms with Crippen LogP contribution in [0.1, 0.15) is 24.4 Å². The number of nitrogens with zero attached hydrogens (tertiary/aromatic N) is 1. The zero-order chi connectivity index (χ0) is 13.0. The number of methoxy groups -OCH3 is 1. The number of pyridine rings is 1. The molecule has 2 aromatic rings. The van der Waals surface area contributed by atoms with Crippen molar-refractivity contribution in [1.29, 1.82) is 0 Å². The van der Waals surface area contributed by atoms with E-state index in [9.17, 15) is 0 Å². The molecule has 0 aliphatic rings. The molecule has 1 aromatic heterocycles. The van der Waals surface area contributed by atoms with E-state index in [2.05, 4.69) is 4.98 Å². The zero-order valence-electron chi connectivity index (χ0n) is 10.6. The van der Waals surface area contributed by atoms with Gasteiger partial charge in [0.05, 0.1) is 12.6 Å². The number of hydrogen-bond donors (Lipinski definition) is 2. The van der Waals surface area contributed by atoms with Gasteiger partial charge in [-0.2, -0.15) is 0 Å². The predicted octanol–water partition coefficient (Wildman–Crippen LogP) is 1.98. The SMILES string of the molecule is COc1cc(C(N)CCCN)c2ncccc2c1. The van der Waals surface area contributed by atoms with Crippen LogP contribution in [0.25, 0.3) is 10.9 Å². The first-order chi connectivity index (χ1) is 8.76. The van der Waals surface area contributed by atoms with Crippen LogP contribution in [0.5, 0.6) is 5.75 Å². The van der Waals surface area contributed by atoms with Crippen molar-refractivity contribution in [2.45, 2.75) is 18.9 Å². The van der Waals surface area contributed by atoms with E-state index in [1.165, 1.54) is 0 Å². The van der Waals surface area contributed by atoms with Crippen molar-refractivity contribution >= 4 is 10.9 Å². The first-order valence-electron chi connectivity index (χ1n) is 6.14. The summed E-state index contributed by atoms with van der Waals surface area (Å²) in [5, 5.41) is 1.05. The second kappa shape index (κ2) is 5.80. The standard InChI is InChI=1S/C14H19N3O/c1-18-11-8-10-4-3-7-17-14(10)12(9-11)13(16)5-2-6-15/h3-4,7-9,13H,2,5-6,15-16H2,1H3.